The molecule has 0 spiro atoms. The molecule has 100 valence electrons. The first-order chi connectivity index (χ1) is 8.61. The summed E-state index contributed by atoms with van der Waals surface area (Å²) in [5, 5.41) is 3.48. The van der Waals surface area contributed by atoms with E-state index in [2.05, 4.69) is 17.1 Å². The number of hydrogen-bond acceptors (Lipinski definition) is 2. The monoisotopic (exact) mass is 268 g/mol. The third-order valence-corrected chi connectivity index (χ3v) is 2.96. The molecule has 1 rings (SSSR count). The molecule has 1 aromatic carbocycles. The van der Waals surface area contributed by atoms with Crippen LogP contribution in [0, 0.1) is 0 Å². The smallest absolute Gasteiger partial charge is 0.225 e. The molecular formula is C14H21ClN2O. The highest BCUT2D eigenvalue weighted by molar-refractivity contribution is 6.30. The second-order valence-corrected chi connectivity index (χ2v) is 4.90. The summed E-state index contributed by atoms with van der Waals surface area (Å²) in [5.41, 5.74) is 0.753. The zero-order valence-corrected chi connectivity index (χ0v) is 11.8. The van der Waals surface area contributed by atoms with E-state index in [-0.39, 0.29) is 5.91 Å². The Hall–Kier alpha value is -1.06. The first kappa shape index (κ1) is 15.0. The minimum atomic E-state index is 0.0283. The lowest BCUT2D eigenvalue weighted by Crippen LogP contribution is -2.25. The third-order valence-electron chi connectivity index (χ3n) is 2.72. The van der Waals surface area contributed by atoms with Crippen molar-refractivity contribution in [1.82, 2.24) is 4.90 Å². The molecule has 1 N–H and O–H groups in total. The van der Waals surface area contributed by atoms with Crippen LogP contribution in [0.2, 0.25) is 5.02 Å². The van der Waals surface area contributed by atoms with Gasteiger partial charge in [-0.3, -0.25) is 4.79 Å². The Kier molecular flexibility index (Phi) is 6.76. The van der Waals surface area contributed by atoms with Crippen molar-refractivity contribution in [1.29, 1.82) is 0 Å². The topological polar surface area (TPSA) is 32.3 Å². The number of benzene rings is 1. The summed E-state index contributed by atoms with van der Waals surface area (Å²) < 4.78 is 0. The highest BCUT2D eigenvalue weighted by Crippen LogP contribution is 2.14. The van der Waals surface area contributed by atoms with Gasteiger partial charge in [0.1, 0.15) is 0 Å². The number of unbranched alkanes of at least 4 members (excludes halogenated alkanes) is 1. The molecule has 0 aromatic heterocycles. The molecule has 3 nitrogen and oxygen atoms in total. The fourth-order valence-electron chi connectivity index (χ4n) is 1.62. The van der Waals surface area contributed by atoms with Crippen molar-refractivity contribution in [2.45, 2.75) is 26.2 Å². The Morgan fingerprint density at radius 2 is 2.17 bits per heavy atom. The van der Waals surface area contributed by atoms with Gasteiger partial charge in [-0.15, -0.1) is 0 Å². The number of nitrogens with zero attached hydrogens (tertiary/aromatic N) is 1. The van der Waals surface area contributed by atoms with E-state index in [9.17, 15) is 4.79 Å². The standard InChI is InChI=1S/C14H21ClN2O/c1-3-4-9-17(2)10-8-14(18)16-13-7-5-6-12(15)11-13/h5-7,11H,3-4,8-10H2,1-2H3,(H,16,18). The molecule has 1 amide bonds. The van der Waals surface area contributed by atoms with Gasteiger partial charge < -0.3 is 10.2 Å². The zero-order chi connectivity index (χ0) is 13.4. The van der Waals surface area contributed by atoms with Crippen LogP contribution in [0.5, 0.6) is 0 Å². The molecule has 0 aliphatic carbocycles. The normalized spacial score (nSPS) is 10.7. The van der Waals surface area contributed by atoms with E-state index in [1.54, 1.807) is 12.1 Å². The van der Waals surface area contributed by atoms with Gasteiger partial charge in [0.15, 0.2) is 0 Å². The maximum atomic E-state index is 11.7. The average Bonchev–Trinajstić information content (AvgIpc) is 2.34. The van der Waals surface area contributed by atoms with Crippen LogP contribution in [0.15, 0.2) is 24.3 Å². The lowest BCUT2D eigenvalue weighted by atomic mass is 10.3. The summed E-state index contributed by atoms with van der Waals surface area (Å²) in [6.07, 6.45) is 2.86. The van der Waals surface area contributed by atoms with Gasteiger partial charge in [0.05, 0.1) is 0 Å². The number of halogens is 1. The number of amides is 1. The minimum Gasteiger partial charge on any atom is -0.326 e. The molecule has 0 saturated carbocycles. The van der Waals surface area contributed by atoms with Gasteiger partial charge in [0, 0.05) is 23.7 Å². The fraction of sp³-hybridized carbons (Fsp3) is 0.500. The summed E-state index contributed by atoms with van der Waals surface area (Å²) in [7, 11) is 2.04. The van der Waals surface area contributed by atoms with Crippen molar-refractivity contribution >= 4 is 23.2 Å². The molecule has 4 heteroatoms. The van der Waals surface area contributed by atoms with Gasteiger partial charge in [-0.1, -0.05) is 31.0 Å². The van der Waals surface area contributed by atoms with Crippen LogP contribution in [-0.2, 0) is 4.79 Å². The van der Waals surface area contributed by atoms with Gasteiger partial charge >= 0.3 is 0 Å². The minimum absolute atomic E-state index is 0.0283. The predicted octanol–water partition coefficient (Wildman–Crippen LogP) is 3.40. The highest BCUT2D eigenvalue weighted by atomic mass is 35.5. The molecule has 0 heterocycles. The molecule has 0 fully saturated rings. The number of carbonyl (C=O) groups is 1. The molecule has 1 aromatic rings. The molecular weight excluding hydrogens is 248 g/mol. The van der Waals surface area contributed by atoms with Crippen LogP contribution in [0.1, 0.15) is 26.2 Å². The summed E-state index contributed by atoms with van der Waals surface area (Å²) in [6, 6.07) is 7.20. The van der Waals surface area contributed by atoms with E-state index in [4.69, 9.17) is 11.6 Å². The van der Waals surface area contributed by atoms with Crippen molar-refractivity contribution in [3.8, 4) is 0 Å². The Bertz CT molecular complexity index is 382. The van der Waals surface area contributed by atoms with Crippen LogP contribution in [-0.4, -0.2) is 30.9 Å². The van der Waals surface area contributed by atoms with Crippen molar-refractivity contribution < 1.29 is 4.79 Å². The number of nitrogens with one attached hydrogen (secondary N) is 1. The van der Waals surface area contributed by atoms with E-state index in [1.165, 1.54) is 12.8 Å². The van der Waals surface area contributed by atoms with Crippen molar-refractivity contribution in [3.05, 3.63) is 29.3 Å². The van der Waals surface area contributed by atoms with Crippen molar-refractivity contribution in [2.75, 3.05) is 25.5 Å². The second kappa shape index (κ2) is 8.11. The summed E-state index contributed by atoms with van der Waals surface area (Å²) >= 11 is 5.85. The predicted molar refractivity (Wildman–Crippen MR) is 77.1 cm³/mol. The van der Waals surface area contributed by atoms with E-state index in [0.717, 1.165) is 18.8 Å². The Morgan fingerprint density at radius 1 is 1.39 bits per heavy atom. The van der Waals surface area contributed by atoms with Gasteiger partial charge in [0.2, 0.25) is 5.91 Å². The maximum Gasteiger partial charge on any atom is 0.225 e. The van der Waals surface area contributed by atoms with E-state index < -0.39 is 0 Å². The molecule has 0 atom stereocenters. The molecule has 0 bridgehead atoms. The number of anilines is 1. The lowest BCUT2D eigenvalue weighted by molar-refractivity contribution is -0.116. The van der Waals surface area contributed by atoms with Crippen molar-refractivity contribution in [2.24, 2.45) is 0 Å². The maximum absolute atomic E-state index is 11.7. The quantitative estimate of drug-likeness (QED) is 0.822. The van der Waals surface area contributed by atoms with Crippen LogP contribution in [0.25, 0.3) is 0 Å². The number of rotatable bonds is 7. The molecule has 0 unspecified atom stereocenters. The summed E-state index contributed by atoms with van der Waals surface area (Å²) in [6.45, 7) is 3.99. The Morgan fingerprint density at radius 3 is 2.83 bits per heavy atom. The number of hydrogen-bond donors (Lipinski definition) is 1. The lowest BCUT2D eigenvalue weighted by Gasteiger charge is -2.15. The van der Waals surface area contributed by atoms with Crippen LogP contribution in [0.4, 0.5) is 5.69 Å². The van der Waals surface area contributed by atoms with Gasteiger partial charge in [-0.05, 0) is 38.2 Å². The molecule has 0 aliphatic heterocycles. The SMILES string of the molecule is CCCCN(C)CCC(=O)Nc1cccc(Cl)c1. The van der Waals surface area contributed by atoms with Crippen LogP contribution >= 0.6 is 11.6 Å². The second-order valence-electron chi connectivity index (χ2n) is 4.47. The molecule has 18 heavy (non-hydrogen) atoms. The van der Waals surface area contributed by atoms with Crippen LogP contribution in [0.3, 0.4) is 0 Å². The van der Waals surface area contributed by atoms with E-state index in [0.29, 0.717) is 11.4 Å². The average molecular weight is 269 g/mol. The van der Waals surface area contributed by atoms with Gasteiger partial charge in [-0.2, -0.15) is 0 Å². The van der Waals surface area contributed by atoms with E-state index in [1.807, 2.05) is 19.2 Å². The zero-order valence-electron chi connectivity index (χ0n) is 11.1. The first-order valence-corrected chi connectivity index (χ1v) is 6.73. The molecule has 0 saturated heterocycles. The van der Waals surface area contributed by atoms with Gasteiger partial charge in [-0.25, -0.2) is 0 Å². The Labute approximate surface area is 114 Å². The van der Waals surface area contributed by atoms with Crippen LogP contribution < -0.4 is 5.32 Å². The third kappa shape index (κ3) is 6.03. The van der Waals surface area contributed by atoms with Crippen molar-refractivity contribution in [3.63, 3.8) is 0 Å². The highest BCUT2D eigenvalue weighted by Gasteiger charge is 2.05. The molecule has 0 aliphatic rings. The summed E-state index contributed by atoms with van der Waals surface area (Å²) in [4.78, 5) is 13.9. The summed E-state index contributed by atoms with van der Waals surface area (Å²) in [5.74, 6) is 0.0283. The van der Waals surface area contributed by atoms with Gasteiger partial charge in [0.25, 0.3) is 0 Å². The fourth-order valence-corrected chi connectivity index (χ4v) is 1.81. The largest absolute Gasteiger partial charge is 0.326 e. The number of carbonyl (C=O) groups excluding carboxylic acids is 1. The first-order valence-electron chi connectivity index (χ1n) is 6.35. The molecule has 0 radical (unpaired) electrons. The van der Waals surface area contributed by atoms with E-state index >= 15 is 0 Å². The Balaban J connectivity index is 2.29.